The van der Waals surface area contributed by atoms with Crippen LogP contribution in [0, 0.1) is 0 Å². The zero-order valence-electron chi connectivity index (χ0n) is 15.8. The summed E-state index contributed by atoms with van der Waals surface area (Å²) in [6.07, 6.45) is -0.324. The van der Waals surface area contributed by atoms with Gasteiger partial charge in [-0.15, -0.1) is 0 Å². The molecule has 0 heterocycles. The first-order chi connectivity index (χ1) is 12.0. The molecule has 0 spiro atoms. The van der Waals surface area contributed by atoms with Crippen LogP contribution >= 0.6 is 0 Å². The first kappa shape index (κ1) is 21.7. The van der Waals surface area contributed by atoms with Crippen molar-refractivity contribution >= 4 is 12.0 Å². The Bertz CT molecular complexity index is 600. The molecule has 0 aliphatic rings. The van der Waals surface area contributed by atoms with Gasteiger partial charge in [-0.05, 0) is 38.5 Å². The molecule has 0 unspecified atom stereocenters. The van der Waals surface area contributed by atoms with Crippen LogP contribution in [0.2, 0.25) is 0 Å². The second kappa shape index (κ2) is 9.35. The number of halogens is 2. The number of likely N-dealkylation sites (N-methyl/N-ethyl adjacent to an activating group) is 2. The monoisotopic (exact) mass is 372 g/mol. The average molecular weight is 372 g/mol. The Morgan fingerprint density at radius 3 is 2.08 bits per heavy atom. The number of hydrogen-bond donors (Lipinski definition) is 0. The predicted molar refractivity (Wildman–Crippen MR) is 93.3 cm³/mol. The Kier molecular flexibility index (Phi) is 7.79. The zero-order chi connectivity index (χ0) is 19.9. The Hall–Kier alpha value is -2.38. The molecule has 1 aromatic rings. The molecule has 0 atom stereocenters. The third kappa shape index (κ3) is 8.13. The summed E-state index contributed by atoms with van der Waals surface area (Å²) in [6, 6.07) is 5.92. The van der Waals surface area contributed by atoms with E-state index in [1.54, 1.807) is 47.0 Å². The van der Waals surface area contributed by atoms with E-state index in [1.165, 1.54) is 21.9 Å². The summed E-state index contributed by atoms with van der Waals surface area (Å²) >= 11 is 0. The quantitative estimate of drug-likeness (QED) is 0.738. The highest BCUT2D eigenvalue weighted by atomic mass is 19.3. The van der Waals surface area contributed by atoms with E-state index in [0.29, 0.717) is 18.7 Å². The van der Waals surface area contributed by atoms with Crippen LogP contribution in [-0.2, 0) is 16.0 Å². The van der Waals surface area contributed by atoms with Gasteiger partial charge in [-0.25, -0.2) is 4.79 Å². The van der Waals surface area contributed by atoms with E-state index < -0.39 is 18.3 Å². The van der Waals surface area contributed by atoms with Gasteiger partial charge < -0.3 is 19.3 Å². The molecule has 0 radical (unpaired) electrons. The van der Waals surface area contributed by atoms with Crippen molar-refractivity contribution in [2.45, 2.75) is 39.4 Å². The van der Waals surface area contributed by atoms with Crippen molar-refractivity contribution in [2.75, 3.05) is 27.2 Å². The summed E-state index contributed by atoms with van der Waals surface area (Å²) in [5, 5.41) is 0. The first-order valence-corrected chi connectivity index (χ1v) is 8.20. The van der Waals surface area contributed by atoms with E-state index in [9.17, 15) is 18.4 Å². The highest BCUT2D eigenvalue weighted by Crippen LogP contribution is 2.15. The number of nitrogens with zero attached hydrogens (tertiary/aromatic N) is 2. The maximum Gasteiger partial charge on any atom is 0.410 e. The van der Waals surface area contributed by atoms with E-state index in [2.05, 4.69) is 4.74 Å². The van der Waals surface area contributed by atoms with Crippen LogP contribution in [0.1, 0.15) is 26.3 Å². The fourth-order valence-electron chi connectivity index (χ4n) is 1.95. The van der Waals surface area contributed by atoms with Gasteiger partial charge >= 0.3 is 12.7 Å². The fraction of sp³-hybridized carbons (Fsp3) is 0.556. The van der Waals surface area contributed by atoms with Gasteiger partial charge in [0.15, 0.2) is 0 Å². The van der Waals surface area contributed by atoms with E-state index in [0.717, 1.165) is 0 Å². The van der Waals surface area contributed by atoms with Gasteiger partial charge in [0.25, 0.3) is 0 Å². The van der Waals surface area contributed by atoms with Crippen molar-refractivity contribution in [3.63, 3.8) is 0 Å². The number of amides is 2. The minimum Gasteiger partial charge on any atom is -0.444 e. The van der Waals surface area contributed by atoms with Crippen molar-refractivity contribution in [1.82, 2.24) is 9.80 Å². The number of hydrogen-bond acceptors (Lipinski definition) is 4. The van der Waals surface area contributed by atoms with Crippen LogP contribution in [0.4, 0.5) is 13.6 Å². The van der Waals surface area contributed by atoms with Crippen LogP contribution in [0.5, 0.6) is 5.75 Å². The maximum absolute atomic E-state index is 12.2. The molecular formula is C18H26F2N2O4. The van der Waals surface area contributed by atoms with Crippen molar-refractivity contribution in [1.29, 1.82) is 0 Å². The summed E-state index contributed by atoms with van der Waals surface area (Å²) in [5.41, 5.74) is 0.108. The van der Waals surface area contributed by atoms with Gasteiger partial charge in [0.2, 0.25) is 5.91 Å². The molecule has 0 aliphatic carbocycles. The molecule has 1 rings (SSSR count). The van der Waals surface area contributed by atoms with Crippen LogP contribution in [0.25, 0.3) is 0 Å². The van der Waals surface area contributed by atoms with E-state index >= 15 is 0 Å². The normalized spacial score (nSPS) is 11.2. The van der Waals surface area contributed by atoms with Crippen LogP contribution < -0.4 is 4.74 Å². The highest BCUT2D eigenvalue weighted by molar-refractivity contribution is 5.78. The Morgan fingerprint density at radius 1 is 1.04 bits per heavy atom. The van der Waals surface area contributed by atoms with Gasteiger partial charge in [0, 0.05) is 27.2 Å². The fourth-order valence-corrected chi connectivity index (χ4v) is 1.95. The van der Waals surface area contributed by atoms with Gasteiger partial charge in [-0.2, -0.15) is 8.78 Å². The van der Waals surface area contributed by atoms with Crippen molar-refractivity contribution in [3.05, 3.63) is 29.8 Å². The number of alkyl halides is 2. The lowest BCUT2D eigenvalue weighted by Crippen LogP contribution is -2.40. The molecular weight excluding hydrogens is 346 g/mol. The third-order valence-corrected chi connectivity index (χ3v) is 3.41. The molecule has 0 aliphatic heterocycles. The number of benzene rings is 1. The number of carbonyl (C=O) groups excluding carboxylic acids is 2. The van der Waals surface area contributed by atoms with Gasteiger partial charge in [0.1, 0.15) is 11.4 Å². The Morgan fingerprint density at radius 2 is 1.58 bits per heavy atom. The second-order valence-corrected chi connectivity index (χ2v) is 6.92. The van der Waals surface area contributed by atoms with Gasteiger partial charge in [-0.3, -0.25) is 4.79 Å². The lowest BCUT2D eigenvalue weighted by Gasteiger charge is -2.26. The van der Waals surface area contributed by atoms with E-state index in [-0.39, 0.29) is 18.1 Å². The van der Waals surface area contributed by atoms with E-state index in [1.807, 2.05) is 0 Å². The average Bonchev–Trinajstić information content (AvgIpc) is 2.51. The molecule has 146 valence electrons. The summed E-state index contributed by atoms with van der Waals surface area (Å²) in [4.78, 5) is 27.0. The van der Waals surface area contributed by atoms with Crippen LogP contribution in [0.15, 0.2) is 24.3 Å². The molecule has 26 heavy (non-hydrogen) atoms. The molecule has 2 amide bonds. The Balaban J connectivity index is 2.46. The molecule has 8 heteroatoms. The molecule has 1 aromatic carbocycles. The molecule has 0 fully saturated rings. The number of rotatable bonds is 7. The summed E-state index contributed by atoms with van der Waals surface area (Å²) in [5.74, 6) is -0.103. The zero-order valence-corrected chi connectivity index (χ0v) is 15.8. The molecule has 0 aromatic heterocycles. The highest BCUT2D eigenvalue weighted by Gasteiger charge is 2.20. The summed E-state index contributed by atoms with van der Waals surface area (Å²) in [7, 11) is 3.24. The lowest BCUT2D eigenvalue weighted by molar-refractivity contribution is -0.129. The SMILES string of the molecule is CN(CCN(C)C(=O)OC(C)(C)C)C(=O)Cc1ccc(OC(F)F)cc1. The van der Waals surface area contributed by atoms with Crippen molar-refractivity contribution in [2.24, 2.45) is 0 Å². The minimum atomic E-state index is -2.88. The molecule has 0 saturated carbocycles. The van der Waals surface area contributed by atoms with Crippen molar-refractivity contribution < 1.29 is 27.8 Å². The minimum absolute atomic E-state index is 0.0449. The molecule has 0 bridgehead atoms. The van der Waals surface area contributed by atoms with Gasteiger partial charge in [0.05, 0.1) is 6.42 Å². The smallest absolute Gasteiger partial charge is 0.410 e. The first-order valence-electron chi connectivity index (χ1n) is 8.20. The number of ether oxygens (including phenoxy) is 2. The molecule has 0 saturated heterocycles. The second-order valence-electron chi connectivity index (χ2n) is 6.92. The van der Waals surface area contributed by atoms with Crippen LogP contribution in [0.3, 0.4) is 0 Å². The summed E-state index contributed by atoms with van der Waals surface area (Å²) < 4.78 is 33.7. The molecule has 0 N–H and O–H groups in total. The largest absolute Gasteiger partial charge is 0.444 e. The standard InChI is InChI=1S/C18H26F2N2O4/c1-18(2,3)26-17(24)22(5)11-10-21(4)15(23)12-13-6-8-14(9-7-13)25-16(19)20/h6-9,16H,10-12H2,1-5H3. The number of carbonyl (C=O) groups is 2. The third-order valence-electron chi connectivity index (χ3n) is 3.41. The lowest BCUT2D eigenvalue weighted by atomic mass is 10.1. The van der Waals surface area contributed by atoms with E-state index in [4.69, 9.17) is 4.74 Å². The molecule has 6 nitrogen and oxygen atoms in total. The summed E-state index contributed by atoms with van der Waals surface area (Å²) in [6.45, 7) is 3.15. The van der Waals surface area contributed by atoms with Gasteiger partial charge in [-0.1, -0.05) is 12.1 Å². The predicted octanol–water partition coefficient (Wildman–Crippen LogP) is 3.16. The van der Waals surface area contributed by atoms with Crippen LogP contribution in [-0.4, -0.2) is 61.2 Å². The Labute approximate surface area is 152 Å². The topological polar surface area (TPSA) is 59.1 Å². The van der Waals surface area contributed by atoms with Crippen molar-refractivity contribution in [3.8, 4) is 5.75 Å². The maximum atomic E-state index is 12.2.